The monoisotopic (exact) mass is 463 g/mol. The lowest BCUT2D eigenvalue weighted by Crippen LogP contribution is -2.44. The molecule has 1 unspecified atom stereocenters. The average Bonchev–Trinajstić information content (AvgIpc) is 2.72. The molecule has 3 rings (SSSR count). The van der Waals surface area contributed by atoms with Gasteiger partial charge in [-0.1, -0.05) is 37.3 Å². The number of alkyl halides is 3. The van der Waals surface area contributed by atoms with E-state index < -0.39 is 29.5 Å². The van der Waals surface area contributed by atoms with Crippen molar-refractivity contribution < 1.29 is 32.2 Å². The van der Waals surface area contributed by atoms with E-state index in [1.165, 1.54) is 11.0 Å². The maximum absolute atomic E-state index is 13.9. The first-order chi connectivity index (χ1) is 15.4. The Morgan fingerprint density at radius 1 is 1.12 bits per heavy atom. The molecule has 0 fully saturated rings. The van der Waals surface area contributed by atoms with Crippen molar-refractivity contribution in [2.24, 2.45) is 0 Å². The van der Waals surface area contributed by atoms with E-state index in [0.29, 0.717) is 17.4 Å². The van der Waals surface area contributed by atoms with Crippen molar-refractivity contribution in [3.8, 4) is 5.75 Å². The van der Waals surface area contributed by atoms with Gasteiger partial charge in [0.15, 0.2) is 0 Å². The van der Waals surface area contributed by atoms with Crippen molar-refractivity contribution >= 4 is 12.4 Å². The van der Waals surface area contributed by atoms with Gasteiger partial charge in [0.2, 0.25) is 0 Å². The molecule has 0 aromatic heterocycles. The Labute approximate surface area is 191 Å². The van der Waals surface area contributed by atoms with Gasteiger partial charge in [-0.25, -0.2) is 4.79 Å². The van der Waals surface area contributed by atoms with Gasteiger partial charge in [0, 0.05) is 13.0 Å². The molecule has 0 bridgehead atoms. The highest BCUT2D eigenvalue weighted by atomic mass is 19.4. The van der Waals surface area contributed by atoms with Crippen LogP contribution in [0, 0.1) is 0 Å². The number of ether oxygens (including phenoxy) is 2. The first-order valence-electron chi connectivity index (χ1n) is 10.8. The average molecular weight is 463 g/mol. The second kappa shape index (κ2) is 9.45. The highest BCUT2D eigenvalue weighted by molar-refractivity contribution is 5.71. The van der Waals surface area contributed by atoms with Gasteiger partial charge in [0.05, 0.1) is 11.6 Å². The number of carbonyl (C=O) groups is 2. The number of hydrogen-bond acceptors (Lipinski definition) is 4. The summed E-state index contributed by atoms with van der Waals surface area (Å²) >= 11 is 0. The summed E-state index contributed by atoms with van der Waals surface area (Å²) in [5.41, 5.74) is -0.00359. The van der Waals surface area contributed by atoms with E-state index in [0.717, 1.165) is 11.6 Å². The van der Waals surface area contributed by atoms with Gasteiger partial charge in [-0.2, -0.15) is 13.2 Å². The Bertz CT molecular complexity index is 999. The molecule has 178 valence electrons. The minimum Gasteiger partial charge on any atom is -0.488 e. The highest BCUT2D eigenvalue weighted by Gasteiger charge is 2.41. The third-order valence-corrected chi connectivity index (χ3v) is 5.41. The molecule has 0 aliphatic carbocycles. The van der Waals surface area contributed by atoms with E-state index in [4.69, 9.17) is 9.47 Å². The number of nitrogens with zero attached hydrogens (tertiary/aromatic N) is 1. The third kappa shape index (κ3) is 5.86. The van der Waals surface area contributed by atoms with E-state index >= 15 is 0 Å². The van der Waals surface area contributed by atoms with Crippen LogP contribution in [0.15, 0.2) is 42.5 Å². The van der Waals surface area contributed by atoms with Crippen LogP contribution < -0.4 is 4.74 Å². The van der Waals surface area contributed by atoms with Crippen molar-refractivity contribution in [1.82, 2.24) is 4.90 Å². The van der Waals surface area contributed by atoms with Gasteiger partial charge in [-0.3, -0.25) is 0 Å². The molecule has 2 atom stereocenters. The van der Waals surface area contributed by atoms with Crippen molar-refractivity contribution in [2.45, 2.75) is 64.5 Å². The van der Waals surface area contributed by atoms with Crippen LogP contribution in [0.4, 0.5) is 18.0 Å². The minimum atomic E-state index is -4.62. The van der Waals surface area contributed by atoms with E-state index in [2.05, 4.69) is 0 Å². The molecule has 8 heteroatoms. The first-order valence-corrected chi connectivity index (χ1v) is 10.8. The maximum Gasteiger partial charge on any atom is 0.419 e. The number of carbonyl (C=O) groups excluding carboxylic acids is 2. The van der Waals surface area contributed by atoms with Gasteiger partial charge in [-0.15, -0.1) is 0 Å². The Balaban J connectivity index is 2.05. The Morgan fingerprint density at radius 3 is 2.36 bits per heavy atom. The molecule has 33 heavy (non-hydrogen) atoms. The van der Waals surface area contributed by atoms with Gasteiger partial charge < -0.3 is 19.2 Å². The smallest absolute Gasteiger partial charge is 0.419 e. The number of amides is 1. The minimum absolute atomic E-state index is 0.0492. The molecule has 1 heterocycles. The van der Waals surface area contributed by atoms with Crippen LogP contribution in [0.1, 0.15) is 68.3 Å². The van der Waals surface area contributed by atoms with E-state index in [9.17, 15) is 22.8 Å². The summed E-state index contributed by atoms with van der Waals surface area (Å²) < 4.78 is 52.8. The molecule has 0 saturated carbocycles. The topological polar surface area (TPSA) is 55.8 Å². The van der Waals surface area contributed by atoms with E-state index in [1.807, 2.05) is 0 Å². The molecule has 2 aromatic rings. The summed E-state index contributed by atoms with van der Waals surface area (Å²) in [4.78, 5) is 25.7. The Kier molecular flexibility index (Phi) is 7.05. The summed E-state index contributed by atoms with van der Waals surface area (Å²) in [5, 5.41) is 0. The molecule has 0 N–H and O–H groups in total. The quantitative estimate of drug-likeness (QED) is 0.491. The SMILES string of the molecule is CC1CN(C(=O)OC(C)(C)C)[C@H](CC=O)c2cc(OCc3ccccc3)c(C(F)(F)F)cc21. The predicted octanol–water partition coefficient (Wildman–Crippen LogP) is 6.27. The number of halogens is 3. The Morgan fingerprint density at radius 2 is 1.79 bits per heavy atom. The van der Waals surface area contributed by atoms with Gasteiger partial charge in [0.1, 0.15) is 24.2 Å². The summed E-state index contributed by atoms with van der Waals surface area (Å²) in [7, 11) is 0. The number of rotatable bonds is 5. The van der Waals surface area contributed by atoms with Crippen molar-refractivity contribution in [3.63, 3.8) is 0 Å². The number of benzene rings is 2. The maximum atomic E-state index is 13.9. The van der Waals surface area contributed by atoms with Crippen LogP contribution in [0.5, 0.6) is 5.75 Å². The summed E-state index contributed by atoms with van der Waals surface area (Å²) in [5.74, 6) is -0.723. The Hall–Kier alpha value is -3.03. The lowest BCUT2D eigenvalue weighted by Gasteiger charge is -2.40. The fourth-order valence-electron chi connectivity index (χ4n) is 3.96. The molecular formula is C25H28F3NO4. The normalized spacial score (nSPS) is 18.5. The molecule has 1 aliphatic rings. The summed E-state index contributed by atoms with van der Waals surface area (Å²) in [6.07, 6.45) is -4.64. The van der Waals surface area contributed by atoms with Gasteiger partial charge in [0.25, 0.3) is 0 Å². The predicted molar refractivity (Wildman–Crippen MR) is 117 cm³/mol. The van der Waals surface area contributed by atoms with Crippen LogP contribution >= 0.6 is 0 Å². The molecular weight excluding hydrogens is 435 g/mol. The number of aldehydes is 1. The largest absolute Gasteiger partial charge is 0.488 e. The zero-order chi connectivity index (χ0) is 24.4. The standard InChI is InChI=1S/C25H28F3NO4/c1-16-14-29(23(31)33-24(2,3)4)21(10-11-30)19-13-22(20(12-18(16)19)25(26,27)28)32-15-17-8-6-5-7-9-17/h5-9,11-13,16,21H,10,14-15H2,1-4H3/t16?,21-/m1/s1. The molecule has 0 spiro atoms. The third-order valence-electron chi connectivity index (χ3n) is 5.41. The van der Waals surface area contributed by atoms with Crippen LogP contribution in [0.25, 0.3) is 0 Å². The lowest BCUT2D eigenvalue weighted by atomic mass is 9.83. The van der Waals surface area contributed by atoms with Crippen LogP contribution in [-0.2, 0) is 22.3 Å². The summed E-state index contributed by atoms with van der Waals surface area (Å²) in [6, 6.07) is 10.5. The second-order valence-electron chi connectivity index (χ2n) is 9.20. The second-order valence-corrected chi connectivity index (χ2v) is 9.20. The molecule has 0 radical (unpaired) electrons. The molecule has 2 aromatic carbocycles. The fraction of sp³-hybridized carbons (Fsp3) is 0.440. The van der Waals surface area contributed by atoms with Crippen LogP contribution in [-0.4, -0.2) is 29.4 Å². The molecule has 5 nitrogen and oxygen atoms in total. The molecule has 1 amide bonds. The van der Waals surface area contributed by atoms with Crippen LogP contribution in [0.2, 0.25) is 0 Å². The van der Waals surface area contributed by atoms with Crippen molar-refractivity contribution in [3.05, 3.63) is 64.7 Å². The van der Waals surface area contributed by atoms with Crippen molar-refractivity contribution in [1.29, 1.82) is 0 Å². The number of fused-ring (bicyclic) bond motifs is 1. The fourth-order valence-corrected chi connectivity index (χ4v) is 3.96. The van der Waals surface area contributed by atoms with E-state index in [1.54, 1.807) is 58.0 Å². The molecule has 1 aliphatic heterocycles. The summed E-state index contributed by atoms with van der Waals surface area (Å²) in [6.45, 7) is 7.02. The highest BCUT2D eigenvalue weighted by Crippen LogP contribution is 2.45. The van der Waals surface area contributed by atoms with E-state index in [-0.39, 0.29) is 31.2 Å². The zero-order valence-electron chi connectivity index (χ0n) is 19.1. The lowest BCUT2D eigenvalue weighted by molar-refractivity contribution is -0.139. The number of hydrogen-bond donors (Lipinski definition) is 0. The van der Waals surface area contributed by atoms with Crippen molar-refractivity contribution in [2.75, 3.05) is 6.54 Å². The van der Waals surface area contributed by atoms with Crippen LogP contribution in [0.3, 0.4) is 0 Å². The van der Waals surface area contributed by atoms with Gasteiger partial charge >= 0.3 is 12.3 Å². The zero-order valence-corrected chi connectivity index (χ0v) is 19.1. The first kappa shape index (κ1) is 24.6. The molecule has 0 saturated heterocycles. The van der Waals surface area contributed by atoms with Gasteiger partial charge in [-0.05, 0) is 55.5 Å².